The highest BCUT2D eigenvalue weighted by Gasteiger charge is 2.11. The molecule has 0 aliphatic carbocycles. The van der Waals surface area contributed by atoms with Crippen molar-refractivity contribution in [2.24, 2.45) is 0 Å². The Labute approximate surface area is 132 Å². The number of carbonyl (C=O) groups is 1. The number of nitrogens with one attached hydrogen (secondary N) is 1. The van der Waals surface area contributed by atoms with Crippen molar-refractivity contribution in [1.29, 1.82) is 0 Å². The number of anilines is 1. The number of carbonyl (C=O) groups excluding carboxylic acids is 1. The van der Waals surface area contributed by atoms with Crippen LogP contribution in [0.2, 0.25) is 10.0 Å². The average Bonchev–Trinajstić information content (AvgIpc) is 2.35. The third-order valence-corrected chi connectivity index (χ3v) is 3.62. The molecular formula is C14H11Cl2NO3S. The van der Waals surface area contributed by atoms with Gasteiger partial charge in [0.2, 0.25) is 10.0 Å². The lowest BCUT2D eigenvalue weighted by molar-refractivity contribution is 0.103. The Morgan fingerprint density at radius 1 is 0.952 bits per heavy atom. The summed E-state index contributed by atoms with van der Waals surface area (Å²) in [6, 6.07) is 10.7. The first-order valence-corrected chi connectivity index (χ1v) is 8.48. The van der Waals surface area contributed by atoms with E-state index in [0.717, 1.165) is 6.26 Å². The van der Waals surface area contributed by atoms with E-state index < -0.39 is 10.0 Å². The standard InChI is InChI=1S/C14H11Cl2NO3S/c1-21(19,20)17-13-4-2-9(3-5-13)14(18)10-6-11(15)8-12(16)7-10/h2-8,17H,1H3. The molecule has 0 saturated heterocycles. The summed E-state index contributed by atoms with van der Waals surface area (Å²) in [4.78, 5) is 12.3. The van der Waals surface area contributed by atoms with Crippen LogP contribution in [0.1, 0.15) is 15.9 Å². The summed E-state index contributed by atoms with van der Waals surface area (Å²) in [6.45, 7) is 0. The summed E-state index contributed by atoms with van der Waals surface area (Å²) in [6.07, 6.45) is 1.06. The molecule has 0 amide bonds. The van der Waals surface area contributed by atoms with E-state index in [-0.39, 0.29) is 5.78 Å². The minimum Gasteiger partial charge on any atom is -0.289 e. The van der Waals surface area contributed by atoms with Crippen molar-refractivity contribution in [2.75, 3.05) is 11.0 Å². The molecule has 0 spiro atoms. The van der Waals surface area contributed by atoms with Crippen LogP contribution >= 0.6 is 23.2 Å². The second-order valence-corrected chi connectivity index (χ2v) is 7.06. The molecule has 0 atom stereocenters. The van der Waals surface area contributed by atoms with Crippen molar-refractivity contribution < 1.29 is 13.2 Å². The lowest BCUT2D eigenvalue weighted by Gasteiger charge is -2.06. The van der Waals surface area contributed by atoms with E-state index in [1.54, 1.807) is 6.07 Å². The summed E-state index contributed by atoms with van der Waals surface area (Å²) < 4.78 is 24.5. The Morgan fingerprint density at radius 2 is 1.48 bits per heavy atom. The molecule has 0 aromatic heterocycles. The van der Waals surface area contributed by atoms with Crippen molar-refractivity contribution in [3.05, 3.63) is 63.6 Å². The average molecular weight is 344 g/mol. The topological polar surface area (TPSA) is 63.2 Å². The fourth-order valence-corrected chi connectivity index (χ4v) is 2.85. The normalized spacial score (nSPS) is 11.2. The van der Waals surface area contributed by atoms with Crippen molar-refractivity contribution in [3.63, 3.8) is 0 Å². The van der Waals surface area contributed by atoms with Gasteiger partial charge in [0.1, 0.15) is 0 Å². The lowest BCUT2D eigenvalue weighted by atomic mass is 10.0. The number of rotatable bonds is 4. The van der Waals surface area contributed by atoms with E-state index in [1.165, 1.54) is 36.4 Å². The molecule has 2 aromatic carbocycles. The molecule has 21 heavy (non-hydrogen) atoms. The molecule has 2 rings (SSSR count). The van der Waals surface area contributed by atoms with E-state index in [2.05, 4.69) is 4.72 Å². The van der Waals surface area contributed by atoms with Gasteiger partial charge >= 0.3 is 0 Å². The smallest absolute Gasteiger partial charge is 0.229 e. The lowest BCUT2D eigenvalue weighted by Crippen LogP contribution is -2.09. The Morgan fingerprint density at radius 3 is 1.95 bits per heavy atom. The van der Waals surface area contributed by atoms with Gasteiger partial charge in [-0.15, -0.1) is 0 Å². The summed E-state index contributed by atoms with van der Waals surface area (Å²) in [5, 5.41) is 0.752. The van der Waals surface area contributed by atoms with Gasteiger partial charge in [0.05, 0.1) is 6.26 Å². The summed E-state index contributed by atoms with van der Waals surface area (Å²) in [5.41, 5.74) is 1.17. The molecule has 0 bridgehead atoms. The second kappa shape index (κ2) is 6.05. The number of ketones is 1. The fourth-order valence-electron chi connectivity index (χ4n) is 1.76. The highest BCUT2D eigenvalue weighted by molar-refractivity contribution is 7.92. The first kappa shape index (κ1) is 15.8. The quantitative estimate of drug-likeness (QED) is 0.862. The second-order valence-electron chi connectivity index (χ2n) is 4.44. The van der Waals surface area contributed by atoms with E-state index in [9.17, 15) is 13.2 Å². The first-order valence-electron chi connectivity index (χ1n) is 5.83. The van der Waals surface area contributed by atoms with Crippen LogP contribution in [0.5, 0.6) is 0 Å². The van der Waals surface area contributed by atoms with Gasteiger partial charge in [-0.2, -0.15) is 0 Å². The van der Waals surface area contributed by atoms with Gasteiger partial charge in [0, 0.05) is 26.9 Å². The van der Waals surface area contributed by atoms with Gasteiger partial charge in [-0.3, -0.25) is 9.52 Å². The van der Waals surface area contributed by atoms with Crippen LogP contribution in [0.3, 0.4) is 0 Å². The number of halogens is 2. The predicted octanol–water partition coefficient (Wildman–Crippen LogP) is 3.60. The van der Waals surface area contributed by atoms with E-state index in [1.807, 2.05) is 0 Å². The number of hydrogen-bond acceptors (Lipinski definition) is 3. The zero-order valence-electron chi connectivity index (χ0n) is 10.9. The molecule has 0 fully saturated rings. The highest BCUT2D eigenvalue weighted by Crippen LogP contribution is 2.22. The van der Waals surface area contributed by atoms with Gasteiger partial charge in [0.15, 0.2) is 5.78 Å². The van der Waals surface area contributed by atoms with Gasteiger partial charge < -0.3 is 0 Å². The van der Waals surface area contributed by atoms with Crippen LogP contribution in [0.4, 0.5) is 5.69 Å². The van der Waals surface area contributed by atoms with Crippen molar-refractivity contribution in [2.45, 2.75) is 0 Å². The predicted molar refractivity (Wildman–Crippen MR) is 84.8 cm³/mol. The van der Waals surface area contributed by atoms with Gasteiger partial charge in [-0.05, 0) is 42.5 Å². The molecule has 0 saturated carbocycles. The van der Waals surface area contributed by atoms with Crippen LogP contribution in [0, 0.1) is 0 Å². The maximum Gasteiger partial charge on any atom is 0.229 e. The SMILES string of the molecule is CS(=O)(=O)Nc1ccc(C(=O)c2cc(Cl)cc(Cl)c2)cc1. The number of hydrogen-bond donors (Lipinski definition) is 1. The third kappa shape index (κ3) is 4.46. The molecule has 0 unspecified atom stereocenters. The Bertz CT molecular complexity index is 766. The number of sulfonamides is 1. The van der Waals surface area contributed by atoms with Crippen molar-refractivity contribution in [1.82, 2.24) is 0 Å². The largest absolute Gasteiger partial charge is 0.289 e. The Hall–Kier alpha value is -1.56. The van der Waals surface area contributed by atoms with Crippen LogP contribution in [-0.2, 0) is 10.0 Å². The molecule has 110 valence electrons. The highest BCUT2D eigenvalue weighted by atomic mass is 35.5. The van der Waals surface area contributed by atoms with E-state index in [4.69, 9.17) is 23.2 Å². The van der Waals surface area contributed by atoms with Gasteiger partial charge in [-0.1, -0.05) is 23.2 Å². The Balaban J connectivity index is 2.28. The van der Waals surface area contributed by atoms with Crippen LogP contribution in [0.25, 0.3) is 0 Å². The summed E-state index contributed by atoms with van der Waals surface area (Å²) in [7, 11) is -3.34. The van der Waals surface area contributed by atoms with Crippen molar-refractivity contribution >= 4 is 44.7 Å². The minimum absolute atomic E-state index is 0.245. The van der Waals surface area contributed by atoms with Gasteiger partial charge in [-0.25, -0.2) is 8.42 Å². The maximum absolute atomic E-state index is 12.3. The van der Waals surface area contributed by atoms with E-state index in [0.29, 0.717) is 26.9 Å². The summed E-state index contributed by atoms with van der Waals surface area (Å²) in [5.74, 6) is -0.245. The van der Waals surface area contributed by atoms with Crippen LogP contribution in [0.15, 0.2) is 42.5 Å². The molecule has 0 aliphatic heterocycles. The molecule has 4 nitrogen and oxygen atoms in total. The van der Waals surface area contributed by atoms with Crippen LogP contribution in [-0.4, -0.2) is 20.5 Å². The fraction of sp³-hybridized carbons (Fsp3) is 0.0714. The summed E-state index contributed by atoms with van der Waals surface area (Å²) >= 11 is 11.7. The molecule has 7 heteroatoms. The third-order valence-electron chi connectivity index (χ3n) is 2.58. The van der Waals surface area contributed by atoms with Crippen molar-refractivity contribution in [3.8, 4) is 0 Å². The maximum atomic E-state index is 12.3. The first-order chi connectivity index (χ1) is 9.74. The van der Waals surface area contributed by atoms with E-state index >= 15 is 0 Å². The molecule has 0 heterocycles. The van der Waals surface area contributed by atoms with Gasteiger partial charge in [0.25, 0.3) is 0 Å². The monoisotopic (exact) mass is 343 g/mol. The molecule has 2 aromatic rings. The zero-order valence-corrected chi connectivity index (χ0v) is 13.3. The Kier molecular flexibility index (Phi) is 4.56. The molecule has 0 aliphatic rings. The molecular weight excluding hydrogens is 333 g/mol. The molecule has 1 N–H and O–H groups in total. The minimum atomic E-state index is -3.34. The zero-order chi connectivity index (χ0) is 15.6. The molecule has 0 radical (unpaired) electrons. The van der Waals surface area contributed by atoms with Crippen LogP contribution < -0.4 is 4.72 Å². The number of benzene rings is 2.